The second-order valence-corrected chi connectivity index (χ2v) is 10.2. The number of nitrogens with one attached hydrogen (secondary N) is 1. The molecule has 2 bridgehead atoms. The predicted molar refractivity (Wildman–Crippen MR) is 121 cm³/mol. The van der Waals surface area contributed by atoms with E-state index >= 15 is 0 Å². The molecular formula is C24H20Cl2FN3O3. The van der Waals surface area contributed by atoms with Crippen LogP contribution < -0.4 is 10.1 Å². The zero-order chi connectivity index (χ0) is 23.0. The van der Waals surface area contributed by atoms with Gasteiger partial charge in [-0.15, -0.1) is 0 Å². The van der Waals surface area contributed by atoms with Crippen molar-refractivity contribution in [2.45, 2.75) is 49.0 Å². The van der Waals surface area contributed by atoms with Crippen molar-refractivity contribution in [3.63, 3.8) is 0 Å². The van der Waals surface area contributed by atoms with Gasteiger partial charge in [-0.05, 0) is 49.6 Å². The first-order valence-corrected chi connectivity index (χ1v) is 11.5. The molecule has 1 aromatic heterocycles. The summed E-state index contributed by atoms with van der Waals surface area (Å²) in [5.74, 6) is -0.209. The van der Waals surface area contributed by atoms with Crippen LogP contribution in [0, 0.1) is 5.82 Å². The van der Waals surface area contributed by atoms with Crippen LogP contribution in [-0.4, -0.2) is 32.2 Å². The van der Waals surface area contributed by atoms with E-state index in [0.717, 1.165) is 19.3 Å². The first kappa shape index (κ1) is 21.0. The topological polar surface area (TPSA) is 76.4 Å². The maximum absolute atomic E-state index is 13.8. The molecule has 170 valence electrons. The van der Waals surface area contributed by atoms with Crippen LogP contribution in [0.1, 0.15) is 37.4 Å². The summed E-state index contributed by atoms with van der Waals surface area (Å²) in [4.78, 5) is 17.3. The number of ether oxygens (including phenoxy) is 1. The van der Waals surface area contributed by atoms with Gasteiger partial charge in [-0.3, -0.25) is 4.79 Å². The number of rotatable bonds is 4. The van der Waals surface area contributed by atoms with Crippen molar-refractivity contribution in [3.05, 3.63) is 70.3 Å². The highest BCUT2D eigenvalue weighted by Crippen LogP contribution is 2.65. The van der Waals surface area contributed by atoms with Crippen LogP contribution in [0.15, 0.2) is 48.9 Å². The Labute approximate surface area is 199 Å². The maximum Gasteiger partial charge on any atom is 0.261 e. The average molecular weight is 488 g/mol. The van der Waals surface area contributed by atoms with E-state index in [1.54, 1.807) is 30.6 Å². The Morgan fingerprint density at radius 1 is 1.21 bits per heavy atom. The maximum atomic E-state index is 13.8. The minimum Gasteiger partial charge on any atom is -0.480 e. The fraction of sp³-hybridized carbons (Fsp3) is 0.333. The van der Waals surface area contributed by atoms with Gasteiger partial charge in [0.15, 0.2) is 6.10 Å². The van der Waals surface area contributed by atoms with Crippen molar-refractivity contribution < 1.29 is 19.0 Å². The lowest BCUT2D eigenvalue weighted by molar-refractivity contribution is -0.161. The molecule has 4 aliphatic rings. The van der Waals surface area contributed by atoms with Crippen LogP contribution in [0.5, 0.6) is 5.75 Å². The van der Waals surface area contributed by atoms with Crippen molar-refractivity contribution in [1.29, 1.82) is 0 Å². The fourth-order valence-corrected chi connectivity index (χ4v) is 5.75. The number of amides is 1. The monoisotopic (exact) mass is 487 g/mol. The quantitative estimate of drug-likeness (QED) is 0.562. The number of hydrogen-bond acceptors (Lipinski definition) is 4. The lowest BCUT2D eigenvalue weighted by Crippen LogP contribution is -2.79. The van der Waals surface area contributed by atoms with Gasteiger partial charge in [0.25, 0.3) is 5.91 Å². The summed E-state index contributed by atoms with van der Waals surface area (Å²) in [6.45, 7) is 0. The van der Waals surface area contributed by atoms with Crippen molar-refractivity contribution in [1.82, 2.24) is 14.9 Å². The molecule has 2 aromatic carbocycles. The summed E-state index contributed by atoms with van der Waals surface area (Å²) in [6.07, 6.45) is 4.67. The predicted octanol–water partition coefficient (Wildman–Crippen LogP) is 4.63. The van der Waals surface area contributed by atoms with E-state index in [2.05, 4.69) is 14.9 Å². The van der Waals surface area contributed by atoms with E-state index < -0.39 is 18.0 Å². The lowest BCUT2D eigenvalue weighted by Gasteiger charge is -2.70. The van der Waals surface area contributed by atoms with Crippen LogP contribution in [0.25, 0.3) is 11.3 Å². The molecule has 0 radical (unpaired) electrons. The number of imidazole rings is 1. The number of aliphatic hydroxyl groups excluding tert-OH is 1. The van der Waals surface area contributed by atoms with E-state index in [1.807, 2.05) is 6.20 Å². The van der Waals surface area contributed by atoms with E-state index in [4.69, 9.17) is 27.9 Å². The number of aromatic nitrogens is 2. The van der Waals surface area contributed by atoms with Crippen LogP contribution >= 0.6 is 23.2 Å². The molecule has 2 N–H and O–H groups in total. The van der Waals surface area contributed by atoms with Gasteiger partial charge < -0.3 is 19.7 Å². The van der Waals surface area contributed by atoms with Crippen LogP contribution in [0.4, 0.5) is 4.39 Å². The van der Waals surface area contributed by atoms with E-state index in [0.29, 0.717) is 27.6 Å². The van der Waals surface area contributed by atoms with Crippen molar-refractivity contribution in [2.75, 3.05) is 0 Å². The largest absolute Gasteiger partial charge is 0.480 e. The molecule has 2 atom stereocenters. The summed E-state index contributed by atoms with van der Waals surface area (Å²) in [5, 5.41) is 14.2. The van der Waals surface area contributed by atoms with Crippen LogP contribution in [0.2, 0.25) is 10.0 Å². The second-order valence-electron chi connectivity index (χ2n) is 9.36. The molecule has 2 heterocycles. The number of fused-ring (bicyclic) bond motifs is 1. The molecule has 33 heavy (non-hydrogen) atoms. The molecule has 0 saturated heterocycles. The molecule has 0 unspecified atom stereocenters. The summed E-state index contributed by atoms with van der Waals surface area (Å²) < 4.78 is 21.7. The van der Waals surface area contributed by atoms with Gasteiger partial charge in [0, 0.05) is 34.3 Å². The van der Waals surface area contributed by atoms with Crippen LogP contribution in [0.3, 0.4) is 0 Å². The van der Waals surface area contributed by atoms with Crippen molar-refractivity contribution in [2.24, 2.45) is 0 Å². The van der Waals surface area contributed by atoms with E-state index in [-0.39, 0.29) is 28.4 Å². The average Bonchev–Trinajstić information content (AvgIpc) is 3.21. The number of hydrogen-bond donors (Lipinski definition) is 2. The highest BCUT2D eigenvalue weighted by Gasteiger charge is 2.70. The van der Waals surface area contributed by atoms with Gasteiger partial charge in [-0.25, -0.2) is 9.37 Å². The Bertz CT molecular complexity index is 1270. The number of benzene rings is 2. The molecule has 1 amide bonds. The number of halogens is 3. The lowest BCUT2D eigenvalue weighted by atomic mass is 9.44. The van der Waals surface area contributed by atoms with Gasteiger partial charge in [0.2, 0.25) is 0 Å². The van der Waals surface area contributed by atoms with Gasteiger partial charge >= 0.3 is 0 Å². The van der Waals surface area contributed by atoms with Gasteiger partial charge in [0.1, 0.15) is 11.6 Å². The number of nitrogens with zero attached hydrogens (tertiary/aromatic N) is 2. The molecule has 3 aromatic rings. The normalized spacial score (nSPS) is 29.3. The zero-order valence-electron chi connectivity index (χ0n) is 17.4. The van der Waals surface area contributed by atoms with E-state index in [1.165, 1.54) is 12.1 Å². The Morgan fingerprint density at radius 2 is 2.00 bits per heavy atom. The molecule has 0 spiro atoms. The minimum absolute atomic E-state index is 0.0806. The summed E-state index contributed by atoms with van der Waals surface area (Å²) in [5.41, 5.74) is 1.60. The minimum atomic E-state index is -0.801. The Hall–Kier alpha value is -2.61. The summed E-state index contributed by atoms with van der Waals surface area (Å²) >= 11 is 11.8. The molecule has 9 heteroatoms. The Morgan fingerprint density at radius 3 is 2.76 bits per heavy atom. The van der Waals surface area contributed by atoms with Crippen molar-refractivity contribution >= 4 is 29.1 Å². The van der Waals surface area contributed by atoms with Gasteiger partial charge in [0.05, 0.1) is 28.7 Å². The summed E-state index contributed by atoms with van der Waals surface area (Å²) in [6, 6.07) is 9.66. The third kappa shape index (κ3) is 3.33. The van der Waals surface area contributed by atoms with Crippen LogP contribution in [-0.2, 0) is 10.3 Å². The SMILES string of the molecule is O=C(NC12CC(n3cnc(-c4ccc(Cl)c(F)c4)c3)(C1)C2)[C@H]1C[C@@H](O)c2cc(Cl)ccc2O1. The third-order valence-electron chi connectivity index (χ3n) is 7.07. The number of carbonyl (C=O) groups excluding carboxylic acids is 1. The first-order valence-electron chi connectivity index (χ1n) is 10.7. The van der Waals surface area contributed by atoms with Gasteiger partial charge in [-0.1, -0.05) is 29.3 Å². The molecule has 3 fully saturated rings. The fourth-order valence-electron chi connectivity index (χ4n) is 5.45. The summed E-state index contributed by atoms with van der Waals surface area (Å²) in [7, 11) is 0. The highest BCUT2D eigenvalue weighted by atomic mass is 35.5. The van der Waals surface area contributed by atoms with E-state index in [9.17, 15) is 14.3 Å². The molecule has 3 aliphatic carbocycles. The Balaban J connectivity index is 1.11. The van der Waals surface area contributed by atoms with Gasteiger partial charge in [-0.2, -0.15) is 0 Å². The number of aliphatic hydroxyl groups is 1. The Kier molecular flexibility index (Phi) is 4.57. The first-order chi connectivity index (χ1) is 15.8. The number of carbonyl (C=O) groups is 1. The zero-order valence-corrected chi connectivity index (χ0v) is 18.9. The highest BCUT2D eigenvalue weighted by molar-refractivity contribution is 6.31. The third-order valence-corrected chi connectivity index (χ3v) is 7.61. The standard InChI is InChI=1S/C24H20Cl2FN3O3/c25-14-2-4-20-15(6-14)19(31)7-21(33-20)22(32)29-23-9-24(10-23,11-23)30-8-18(28-12-30)13-1-3-16(26)17(27)5-13/h1-6,8,12,19,21,31H,7,9-11H2,(H,29,32)/t19-,21-,23?,24?/m1/s1. The molecule has 1 aliphatic heterocycles. The molecule has 6 nitrogen and oxygen atoms in total. The molecular weight excluding hydrogens is 468 g/mol. The molecule has 3 saturated carbocycles. The van der Waals surface area contributed by atoms with Crippen molar-refractivity contribution in [3.8, 4) is 17.0 Å². The smallest absolute Gasteiger partial charge is 0.261 e. The molecule has 7 rings (SSSR count). The second kappa shape index (κ2) is 7.19.